The first-order valence-electron chi connectivity index (χ1n) is 11.5. The minimum Gasteiger partial charge on any atom is -0.493 e. The lowest BCUT2D eigenvalue weighted by Crippen LogP contribution is -2.27. The average molecular weight is 467 g/mol. The number of hydrogen-bond acceptors (Lipinski definition) is 8. The van der Waals surface area contributed by atoms with Crippen molar-refractivity contribution in [1.29, 1.82) is 0 Å². The molecule has 4 rings (SSSR count). The monoisotopic (exact) mass is 466 g/mol. The normalized spacial score (nSPS) is 14.5. The summed E-state index contributed by atoms with van der Waals surface area (Å²) < 4.78 is 18.4. The zero-order chi connectivity index (χ0) is 24.1. The Morgan fingerprint density at radius 3 is 2.44 bits per heavy atom. The molecule has 2 aromatic heterocycles. The average Bonchev–Trinajstić information content (AvgIpc) is 3.03. The van der Waals surface area contributed by atoms with Crippen LogP contribution in [0.1, 0.15) is 23.1 Å². The molecule has 0 unspecified atom stereocenters. The Kier molecular flexibility index (Phi) is 7.54. The van der Waals surface area contributed by atoms with E-state index < -0.39 is 0 Å². The highest BCUT2D eigenvalue weighted by molar-refractivity contribution is 5.66. The highest BCUT2D eigenvalue weighted by Gasteiger charge is 2.16. The van der Waals surface area contributed by atoms with Gasteiger partial charge in [-0.05, 0) is 44.5 Å². The maximum Gasteiger partial charge on any atom is 0.229 e. The van der Waals surface area contributed by atoms with Gasteiger partial charge in [-0.15, -0.1) is 0 Å². The minimum absolute atomic E-state index is 0.487. The van der Waals surface area contributed by atoms with E-state index in [1.165, 1.54) is 17.5 Å². The summed E-state index contributed by atoms with van der Waals surface area (Å²) in [6.45, 7) is 9.45. The van der Waals surface area contributed by atoms with Crippen molar-refractivity contribution < 1.29 is 14.2 Å². The molecule has 1 fully saturated rings. The molecule has 9 heteroatoms. The van der Waals surface area contributed by atoms with Gasteiger partial charge in [-0.2, -0.15) is 4.98 Å². The third-order valence-electron chi connectivity index (χ3n) is 6.07. The third-order valence-corrected chi connectivity index (χ3v) is 6.07. The summed E-state index contributed by atoms with van der Waals surface area (Å²) in [7, 11) is 4.77. The molecule has 2 N–H and O–H groups in total. The van der Waals surface area contributed by atoms with Crippen molar-refractivity contribution in [3.8, 4) is 23.1 Å². The van der Waals surface area contributed by atoms with E-state index in [9.17, 15) is 0 Å². The van der Waals surface area contributed by atoms with E-state index in [4.69, 9.17) is 19.2 Å². The Balaban J connectivity index is 1.58. The first-order chi connectivity index (χ1) is 16.5. The summed E-state index contributed by atoms with van der Waals surface area (Å²) in [6, 6.07) is 3.66. The molecule has 9 nitrogen and oxygen atoms in total. The van der Waals surface area contributed by atoms with Gasteiger partial charge in [0.2, 0.25) is 11.7 Å². The first kappa shape index (κ1) is 23.8. The highest BCUT2D eigenvalue weighted by atomic mass is 16.5. The lowest BCUT2D eigenvalue weighted by Gasteiger charge is -2.19. The van der Waals surface area contributed by atoms with Crippen LogP contribution in [0.5, 0.6) is 17.2 Å². The van der Waals surface area contributed by atoms with Gasteiger partial charge in [0.15, 0.2) is 11.5 Å². The molecular weight excluding hydrogens is 432 g/mol. The third kappa shape index (κ3) is 5.26. The van der Waals surface area contributed by atoms with E-state index >= 15 is 0 Å². The van der Waals surface area contributed by atoms with Crippen LogP contribution in [0.25, 0.3) is 5.82 Å². The first-order valence-corrected chi connectivity index (χ1v) is 11.5. The second-order valence-electron chi connectivity index (χ2n) is 8.49. The van der Waals surface area contributed by atoms with E-state index in [1.54, 1.807) is 21.3 Å². The van der Waals surface area contributed by atoms with Crippen molar-refractivity contribution in [3.63, 3.8) is 0 Å². The standard InChI is InChI=1S/C25H34N6O3/c1-17-13-27-25(28-20-11-21(32-3)23(34-5)22(12-20)33-4)29-24(17)31-14-18(2)19(16-31)15-30-9-6-7-26-8-10-30/h11-14,16,26H,6-10,15H2,1-5H3,(H,27,28,29). The van der Waals surface area contributed by atoms with Crippen LogP contribution in [-0.2, 0) is 6.54 Å². The predicted molar refractivity (Wildman–Crippen MR) is 133 cm³/mol. The Hall–Kier alpha value is -3.30. The van der Waals surface area contributed by atoms with Crippen molar-refractivity contribution in [3.05, 3.63) is 47.4 Å². The number of aryl methyl sites for hydroxylation is 2. The summed E-state index contributed by atoms with van der Waals surface area (Å²) in [4.78, 5) is 11.8. The Bertz CT molecular complexity index is 1100. The van der Waals surface area contributed by atoms with E-state index in [2.05, 4.69) is 44.4 Å². The van der Waals surface area contributed by atoms with Gasteiger partial charge < -0.3 is 29.4 Å². The molecule has 0 bridgehead atoms. The van der Waals surface area contributed by atoms with Crippen molar-refractivity contribution in [2.45, 2.75) is 26.8 Å². The van der Waals surface area contributed by atoms with Crippen LogP contribution in [0.2, 0.25) is 0 Å². The lowest BCUT2D eigenvalue weighted by atomic mass is 10.2. The Morgan fingerprint density at radius 1 is 0.971 bits per heavy atom. The van der Waals surface area contributed by atoms with Crippen molar-refractivity contribution in [2.75, 3.05) is 52.8 Å². The van der Waals surface area contributed by atoms with Gasteiger partial charge in [-0.25, -0.2) is 4.98 Å². The topological polar surface area (TPSA) is 85.7 Å². The molecule has 1 aliphatic heterocycles. The fourth-order valence-corrected chi connectivity index (χ4v) is 4.22. The van der Waals surface area contributed by atoms with Gasteiger partial charge in [0.05, 0.1) is 21.3 Å². The van der Waals surface area contributed by atoms with E-state index in [1.807, 2.05) is 25.3 Å². The molecule has 34 heavy (non-hydrogen) atoms. The van der Waals surface area contributed by atoms with Crippen LogP contribution in [0.4, 0.5) is 11.6 Å². The van der Waals surface area contributed by atoms with Crippen molar-refractivity contribution in [2.24, 2.45) is 0 Å². The van der Waals surface area contributed by atoms with Crippen LogP contribution >= 0.6 is 0 Å². The molecule has 1 saturated heterocycles. The number of ether oxygens (including phenoxy) is 3. The van der Waals surface area contributed by atoms with Gasteiger partial charge in [-0.3, -0.25) is 4.90 Å². The highest BCUT2D eigenvalue weighted by Crippen LogP contribution is 2.40. The number of benzene rings is 1. The molecule has 0 radical (unpaired) electrons. The molecule has 182 valence electrons. The van der Waals surface area contributed by atoms with Gasteiger partial charge in [0.25, 0.3) is 0 Å². The largest absolute Gasteiger partial charge is 0.493 e. The summed E-state index contributed by atoms with van der Waals surface area (Å²) in [5, 5.41) is 6.74. The van der Waals surface area contributed by atoms with Gasteiger partial charge in [-0.1, -0.05) is 0 Å². The van der Waals surface area contributed by atoms with Crippen LogP contribution in [-0.4, -0.2) is 66.9 Å². The molecular formula is C25H34N6O3. The summed E-state index contributed by atoms with van der Waals surface area (Å²) >= 11 is 0. The van der Waals surface area contributed by atoms with E-state index in [0.29, 0.717) is 23.2 Å². The van der Waals surface area contributed by atoms with Crippen LogP contribution in [0.3, 0.4) is 0 Å². The minimum atomic E-state index is 0.487. The molecule has 0 saturated carbocycles. The summed E-state index contributed by atoms with van der Waals surface area (Å²) in [5.41, 5.74) is 4.31. The predicted octanol–water partition coefficient (Wildman–Crippen LogP) is 3.45. The molecule has 1 aromatic carbocycles. The maximum absolute atomic E-state index is 5.46. The fraction of sp³-hybridized carbons (Fsp3) is 0.440. The molecule has 0 atom stereocenters. The number of anilines is 2. The van der Waals surface area contributed by atoms with Gasteiger partial charge in [0.1, 0.15) is 5.82 Å². The van der Waals surface area contributed by atoms with Gasteiger partial charge >= 0.3 is 0 Å². The molecule has 3 heterocycles. The molecule has 3 aromatic rings. The number of aromatic nitrogens is 3. The smallest absolute Gasteiger partial charge is 0.229 e. The van der Waals surface area contributed by atoms with E-state index in [-0.39, 0.29) is 0 Å². The molecule has 1 aliphatic rings. The van der Waals surface area contributed by atoms with Gasteiger partial charge in [0, 0.05) is 61.6 Å². The SMILES string of the molecule is COc1cc(Nc2ncc(C)c(-n3cc(C)c(CN4CCCNCC4)c3)n2)cc(OC)c1OC. The fourth-order valence-electron chi connectivity index (χ4n) is 4.22. The van der Waals surface area contributed by atoms with Crippen LogP contribution in [0, 0.1) is 13.8 Å². The van der Waals surface area contributed by atoms with Crippen LogP contribution < -0.4 is 24.8 Å². The molecule has 0 aliphatic carbocycles. The summed E-state index contributed by atoms with van der Waals surface area (Å²) in [6.07, 6.45) is 7.34. The zero-order valence-corrected chi connectivity index (χ0v) is 20.6. The number of nitrogens with zero attached hydrogens (tertiary/aromatic N) is 4. The Labute approximate surface area is 201 Å². The zero-order valence-electron chi connectivity index (χ0n) is 20.6. The second-order valence-corrected chi connectivity index (χ2v) is 8.49. The van der Waals surface area contributed by atoms with Crippen LogP contribution in [0.15, 0.2) is 30.7 Å². The molecule has 0 amide bonds. The summed E-state index contributed by atoms with van der Waals surface area (Å²) in [5.74, 6) is 2.99. The lowest BCUT2D eigenvalue weighted by molar-refractivity contribution is 0.284. The van der Waals surface area contributed by atoms with Crippen molar-refractivity contribution >= 4 is 11.6 Å². The maximum atomic E-state index is 5.46. The quantitative estimate of drug-likeness (QED) is 0.522. The number of rotatable bonds is 8. The number of nitrogens with one attached hydrogen (secondary N) is 2. The Morgan fingerprint density at radius 2 is 1.74 bits per heavy atom. The number of methoxy groups -OCH3 is 3. The van der Waals surface area contributed by atoms with E-state index in [0.717, 1.165) is 49.8 Å². The number of hydrogen-bond donors (Lipinski definition) is 2. The molecule has 0 spiro atoms. The van der Waals surface area contributed by atoms with Crippen molar-refractivity contribution in [1.82, 2.24) is 24.8 Å². The second kappa shape index (κ2) is 10.8.